The lowest BCUT2D eigenvalue weighted by Crippen LogP contribution is -2.44. The Hall–Kier alpha value is -4.48. The van der Waals surface area contributed by atoms with Crippen molar-refractivity contribution in [3.05, 3.63) is 113 Å². The zero-order valence-electron chi connectivity index (χ0n) is 19.9. The molecular weight excluding hydrogens is 459 g/mol. The number of nitrogens with zero attached hydrogens (tertiary/aromatic N) is 3. The lowest BCUT2D eigenvalue weighted by Gasteiger charge is -2.32. The van der Waals surface area contributed by atoms with Crippen molar-refractivity contribution in [2.24, 2.45) is 0 Å². The summed E-state index contributed by atoms with van der Waals surface area (Å²) < 4.78 is 22.3. The lowest BCUT2D eigenvalue weighted by atomic mass is 9.81. The van der Waals surface area contributed by atoms with E-state index >= 15 is 0 Å². The van der Waals surface area contributed by atoms with Gasteiger partial charge in [0.15, 0.2) is 0 Å². The number of aliphatic carboxylic acids is 1. The van der Waals surface area contributed by atoms with Crippen molar-refractivity contribution < 1.29 is 19.0 Å². The van der Waals surface area contributed by atoms with Gasteiger partial charge in [-0.15, -0.1) is 0 Å². The number of para-hydroxylation sites is 1. The van der Waals surface area contributed by atoms with E-state index in [1.807, 2.05) is 31.2 Å². The smallest absolute Gasteiger partial charge is 0.305 e. The van der Waals surface area contributed by atoms with E-state index in [2.05, 4.69) is 16.5 Å². The number of nitriles is 1. The second-order valence-electron chi connectivity index (χ2n) is 8.33. The molecule has 0 aliphatic heterocycles. The number of aryl methyl sites for hydroxylation is 1. The van der Waals surface area contributed by atoms with Crippen LogP contribution in [0.15, 0.2) is 78.9 Å². The molecule has 2 N–H and O–H groups in total. The summed E-state index contributed by atoms with van der Waals surface area (Å²) in [4.78, 5) is 12.0. The first-order chi connectivity index (χ1) is 17.4. The number of carboxylic acids is 1. The van der Waals surface area contributed by atoms with E-state index < -0.39 is 17.3 Å². The lowest BCUT2D eigenvalue weighted by molar-refractivity contribution is -0.138. The maximum absolute atomic E-state index is 14.9. The molecule has 0 unspecified atom stereocenters. The Morgan fingerprint density at radius 2 is 1.83 bits per heavy atom. The molecule has 4 rings (SSSR count). The number of ether oxygens (including phenoxy) is 1. The number of halogens is 1. The molecule has 0 aliphatic carbocycles. The van der Waals surface area contributed by atoms with Gasteiger partial charge >= 0.3 is 5.97 Å². The molecule has 0 spiro atoms. The van der Waals surface area contributed by atoms with Gasteiger partial charge in [0, 0.05) is 11.6 Å². The van der Waals surface area contributed by atoms with Crippen LogP contribution in [0.5, 0.6) is 5.88 Å². The summed E-state index contributed by atoms with van der Waals surface area (Å²) in [5.41, 5.74) is 2.02. The monoisotopic (exact) mass is 484 g/mol. The summed E-state index contributed by atoms with van der Waals surface area (Å²) in [6.45, 7) is 1.94. The van der Waals surface area contributed by atoms with E-state index in [1.165, 1.54) is 10.7 Å². The molecule has 0 fully saturated rings. The van der Waals surface area contributed by atoms with E-state index in [9.17, 15) is 19.6 Å². The van der Waals surface area contributed by atoms with Gasteiger partial charge in [-0.05, 0) is 43.3 Å². The molecule has 0 aliphatic rings. The first kappa shape index (κ1) is 24.6. The molecule has 7 nitrogen and oxygen atoms in total. The molecule has 36 heavy (non-hydrogen) atoms. The predicted molar refractivity (Wildman–Crippen MR) is 132 cm³/mol. The number of benzene rings is 3. The highest BCUT2D eigenvalue weighted by atomic mass is 19.1. The molecule has 0 amide bonds. The minimum Gasteiger partial charge on any atom is -0.481 e. The number of hydrogen-bond acceptors (Lipinski definition) is 5. The van der Waals surface area contributed by atoms with E-state index in [0.717, 1.165) is 11.1 Å². The van der Waals surface area contributed by atoms with Crippen molar-refractivity contribution in [2.75, 3.05) is 7.05 Å². The molecule has 8 heteroatoms. The van der Waals surface area contributed by atoms with Crippen LogP contribution in [0.3, 0.4) is 0 Å². The maximum atomic E-state index is 14.9. The number of hydrogen-bond donors (Lipinski definition) is 2. The highest BCUT2D eigenvalue weighted by Crippen LogP contribution is 2.37. The standard InChI is InChI=1S/C28H25FN4O3/c1-19-9-3-6-12-22(19)28(31-2,16-27(34)35)25-15-26(33(32-25)24-14-8-7-13-23(24)29)36-18-21-11-5-4-10-20(21)17-30/h3-15,31H,16,18H2,1-2H3,(H,34,35)/t28-/m0/s1. The highest BCUT2D eigenvalue weighted by Gasteiger charge is 2.40. The SMILES string of the molecule is CN[C@](CC(=O)O)(c1cc(OCc2ccccc2C#N)n(-c2ccccc2F)n1)c1ccccc1C. The molecule has 182 valence electrons. The zero-order chi connectivity index (χ0) is 25.7. The van der Waals surface area contributed by atoms with Gasteiger partial charge in [0.2, 0.25) is 5.88 Å². The summed E-state index contributed by atoms with van der Waals surface area (Å²) in [5.74, 6) is -1.33. The Kier molecular flexibility index (Phi) is 7.13. The number of aromatic nitrogens is 2. The minimum atomic E-state index is -1.21. The largest absolute Gasteiger partial charge is 0.481 e. The highest BCUT2D eigenvalue weighted by molar-refractivity contribution is 5.70. The van der Waals surface area contributed by atoms with Crippen molar-refractivity contribution in [1.29, 1.82) is 5.26 Å². The second kappa shape index (κ2) is 10.4. The van der Waals surface area contributed by atoms with E-state index in [4.69, 9.17) is 4.74 Å². The number of nitrogens with one attached hydrogen (secondary N) is 1. The predicted octanol–water partition coefficient (Wildman–Crippen LogP) is 4.71. The summed E-state index contributed by atoms with van der Waals surface area (Å²) >= 11 is 0. The average molecular weight is 485 g/mol. The van der Waals surface area contributed by atoms with Gasteiger partial charge in [-0.2, -0.15) is 15.0 Å². The van der Waals surface area contributed by atoms with Crippen molar-refractivity contribution in [1.82, 2.24) is 15.1 Å². The summed E-state index contributed by atoms with van der Waals surface area (Å²) in [5, 5.41) is 27.1. The molecule has 1 heterocycles. The Bertz CT molecular complexity index is 1440. The Morgan fingerprint density at radius 3 is 2.53 bits per heavy atom. The fourth-order valence-electron chi connectivity index (χ4n) is 4.33. The topological polar surface area (TPSA) is 100 Å². The first-order valence-electron chi connectivity index (χ1n) is 11.3. The van der Waals surface area contributed by atoms with Crippen LogP contribution in [-0.4, -0.2) is 27.9 Å². The van der Waals surface area contributed by atoms with E-state index in [0.29, 0.717) is 16.8 Å². The fraction of sp³-hybridized carbons (Fsp3) is 0.179. The molecule has 0 saturated heterocycles. The third kappa shape index (κ3) is 4.69. The number of carbonyl (C=O) groups is 1. The summed E-state index contributed by atoms with van der Waals surface area (Å²) in [6.07, 6.45) is -0.306. The molecule has 0 bridgehead atoms. The maximum Gasteiger partial charge on any atom is 0.305 e. The van der Waals surface area contributed by atoms with Gasteiger partial charge in [0.25, 0.3) is 0 Å². The summed E-state index contributed by atoms with van der Waals surface area (Å²) in [7, 11) is 1.67. The van der Waals surface area contributed by atoms with Gasteiger partial charge in [-0.1, -0.05) is 54.6 Å². The molecule has 1 atom stereocenters. The Balaban J connectivity index is 1.88. The molecule has 3 aromatic carbocycles. The Morgan fingerprint density at radius 1 is 1.14 bits per heavy atom. The van der Waals surface area contributed by atoms with E-state index in [-0.39, 0.29) is 24.6 Å². The minimum absolute atomic E-state index is 0.0408. The average Bonchev–Trinajstić information content (AvgIpc) is 3.31. The normalized spacial score (nSPS) is 12.5. The zero-order valence-corrected chi connectivity index (χ0v) is 19.9. The first-order valence-corrected chi connectivity index (χ1v) is 11.3. The molecule has 4 aromatic rings. The third-order valence-electron chi connectivity index (χ3n) is 6.16. The van der Waals surface area contributed by atoms with Crippen LogP contribution in [0.25, 0.3) is 5.69 Å². The van der Waals surface area contributed by atoms with Gasteiger partial charge in [-0.25, -0.2) is 4.39 Å². The van der Waals surface area contributed by atoms with Crippen molar-refractivity contribution in [3.8, 4) is 17.6 Å². The van der Waals surface area contributed by atoms with Gasteiger partial charge in [-0.3, -0.25) is 4.79 Å². The van der Waals surface area contributed by atoms with Crippen LogP contribution in [0.2, 0.25) is 0 Å². The van der Waals surface area contributed by atoms with Crippen molar-refractivity contribution in [2.45, 2.75) is 25.5 Å². The fourth-order valence-corrected chi connectivity index (χ4v) is 4.33. The van der Waals surface area contributed by atoms with Crippen molar-refractivity contribution >= 4 is 5.97 Å². The number of carboxylic acid groups (broad SMARTS) is 1. The molecular formula is C28H25FN4O3. The quantitative estimate of drug-likeness (QED) is 0.357. The number of rotatable bonds is 9. The van der Waals surface area contributed by atoms with Crippen LogP contribution < -0.4 is 10.1 Å². The van der Waals surface area contributed by atoms with Crippen molar-refractivity contribution in [3.63, 3.8) is 0 Å². The van der Waals surface area contributed by atoms with Crippen LogP contribution in [0, 0.1) is 24.1 Å². The molecule has 0 radical (unpaired) electrons. The van der Waals surface area contributed by atoms with Crippen LogP contribution in [0.4, 0.5) is 4.39 Å². The van der Waals surface area contributed by atoms with Gasteiger partial charge < -0.3 is 15.2 Å². The third-order valence-corrected chi connectivity index (χ3v) is 6.16. The Labute approximate surface area is 208 Å². The van der Waals surface area contributed by atoms with Crippen LogP contribution in [-0.2, 0) is 16.9 Å². The molecule has 0 saturated carbocycles. The van der Waals surface area contributed by atoms with Crippen LogP contribution in [0.1, 0.15) is 34.4 Å². The van der Waals surface area contributed by atoms with Gasteiger partial charge in [0.1, 0.15) is 18.1 Å². The molecule has 1 aromatic heterocycles. The summed E-state index contributed by atoms with van der Waals surface area (Å²) in [6, 6.07) is 24.4. The van der Waals surface area contributed by atoms with E-state index in [1.54, 1.807) is 55.6 Å². The van der Waals surface area contributed by atoms with Gasteiger partial charge in [0.05, 0.1) is 29.3 Å². The van der Waals surface area contributed by atoms with Crippen LogP contribution >= 0.6 is 0 Å². The second-order valence-corrected chi connectivity index (χ2v) is 8.33.